The van der Waals surface area contributed by atoms with Gasteiger partial charge in [-0.15, -0.1) is 0 Å². The standard InChI is InChI=1S/C15H22O4/c1-10(17-3)6-8-13(16)12-7-9-14(18-4)15(19-5)11(12)2/h7,9-10H,6,8H2,1-5H3. The molecular weight excluding hydrogens is 244 g/mol. The molecule has 0 bridgehead atoms. The van der Waals surface area contributed by atoms with E-state index in [1.165, 1.54) is 0 Å². The van der Waals surface area contributed by atoms with Crippen LogP contribution in [-0.4, -0.2) is 33.2 Å². The van der Waals surface area contributed by atoms with E-state index in [1.807, 2.05) is 13.8 Å². The lowest BCUT2D eigenvalue weighted by Crippen LogP contribution is -2.10. The van der Waals surface area contributed by atoms with E-state index in [1.54, 1.807) is 33.5 Å². The molecule has 1 atom stereocenters. The Balaban J connectivity index is 2.92. The number of hydrogen-bond donors (Lipinski definition) is 0. The van der Waals surface area contributed by atoms with Crippen molar-refractivity contribution in [3.05, 3.63) is 23.3 Å². The third kappa shape index (κ3) is 3.70. The van der Waals surface area contributed by atoms with Crippen molar-refractivity contribution in [3.8, 4) is 11.5 Å². The molecule has 0 fully saturated rings. The van der Waals surface area contributed by atoms with E-state index in [0.717, 1.165) is 5.56 Å². The molecule has 0 heterocycles. The third-order valence-electron chi connectivity index (χ3n) is 3.27. The van der Waals surface area contributed by atoms with Crippen molar-refractivity contribution in [1.29, 1.82) is 0 Å². The Bertz CT molecular complexity index is 440. The average molecular weight is 266 g/mol. The van der Waals surface area contributed by atoms with Gasteiger partial charge in [0, 0.05) is 24.7 Å². The first-order valence-corrected chi connectivity index (χ1v) is 6.32. The zero-order valence-corrected chi connectivity index (χ0v) is 12.3. The van der Waals surface area contributed by atoms with Crippen molar-refractivity contribution in [2.75, 3.05) is 21.3 Å². The number of methoxy groups -OCH3 is 3. The van der Waals surface area contributed by atoms with Crippen LogP contribution in [-0.2, 0) is 4.74 Å². The van der Waals surface area contributed by atoms with Gasteiger partial charge in [0.2, 0.25) is 0 Å². The molecule has 0 N–H and O–H groups in total. The minimum Gasteiger partial charge on any atom is -0.493 e. The van der Waals surface area contributed by atoms with E-state index in [0.29, 0.717) is 29.9 Å². The van der Waals surface area contributed by atoms with Gasteiger partial charge in [-0.25, -0.2) is 0 Å². The van der Waals surface area contributed by atoms with Crippen molar-refractivity contribution in [2.45, 2.75) is 32.8 Å². The van der Waals surface area contributed by atoms with Crippen LogP contribution in [0.1, 0.15) is 35.7 Å². The maximum Gasteiger partial charge on any atom is 0.164 e. The molecule has 1 unspecified atom stereocenters. The number of benzene rings is 1. The Morgan fingerprint density at radius 2 is 1.89 bits per heavy atom. The number of rotatable bonds is 7. The van der Waals surface area contributed by atoms with Gasteiger partial charge in [0.15, 0.2) is 17.3 Å². The monoisotopic (exact) mass is 266 g/mol. The van der Waals surface area contributed by atoms with Gasteiger partial charge in [-0.1, -0.05) is 0 Å². The minimum atomic E-state index is 0.0874. The van der Waals surface area contributed by atoms with Gasteiger partial charge in [-0.3, -0.25) is 4.79 Å². The summed E-state index contributed by atoms with van der Waals surface area (Å²) in [5, 5.41) is 0. The molecule has 4 heteroatoms. The van der Waals surface area contributed by atoms with E-state index in [2.05, 4.69) is 0 Å². The molecule has 0 aliphatic rings. The van der Waals surface area contributed by atoms with Crippen LogP contribution in [0.15, 0.2) is 12.1 Å². The van der Waals surface area contributed by atoms with Gasteiger partial charge in [0.05, 0.1) is 20.3 Å². The van der Waals surface area contributed by atoms with Crippen LogP contribution in [0.3, 0.4) is 0 Å². The number of ketones is 1. The number of ether oxygens (including phenoxy) is 3. The van der Waals surface area contributed by atoms with Crippen LogP contribution in [0.25, 0.3) is 0 Å². The molecule has 0 aliphatic carbocycles. The summed E-state index contributed by atoms with van der Waals surface area (Å²) in [5.41, 5.74) is 1.50. The van der Waals surface area contributed by atoms with Gasteiger partial charge in [0.1, 0.15) is 0 Å². The van der Waals surface area contributed by atoms with E-state index in [9.17, 15) is 4.79 Å². The molecule has 0 saturated carbocycles. The number of carbonyl (C=O) groups excluding carboxylic acids is 1. The molecule has 1 aromatic rings. The van der Waals surface area contributed by atoms with E-state index >= 15 is 0 Å². The largest absolute Gasteiger partial charge is 0.493 e. The van der Waals surface area contributed by atoms with E-state index in [-0.39, 0.29) is 11.9 Å². The molecule has 0 radical (unpaired) electrons. The highest BCUT2D eigenvalue weighted by atomic mass is 16.5. The van der Waals surface area contributed by atoms with Crippen LogP contribution >= 0.6 is 0 Å². The van der Waals surface area contributed by atoms with Gasteiger partial charge < -0.3 is 14.2 Å². The van der Waals surface area contributed by atoms with Crippen molar-refractivity contribution in [2.24, 2.45) is 0 Å². The van der Waals surface area contributed by atoms with Crippen molar-refractivity contribution in [3.63, 3.8) is 0 Å². The molecule has 0 saturated heterocycles. The minimum absolute atomic E-state index is 0.0874. The first-order valence-electron chi connectivity index (χ1n) is 6.32. The van der Waals surface area contributed by atoms with Crippen LogP contribution in [0.2, 0.25) is 0 Å². The van der Waals surface area contributed by atoms with Gasteiger partial charge in [-0.2, -0.15) is 0 Å². The number of hydrogen-bond acceptors (Lipinski definition) is 4. The summed E-state index contributed by atoms with van der Waals surface area (Å²) in [6, 6.07) is 3.55. The number of Topliss-reactive ketones (excluding diaryl/α,β-unsaturated/α-hetero) is 1. The van der Waals surface area contributed by atoms with Crippen LogP contribution in [0.4, 0.5) is 0 Å². The SMILES string of the molecule is COc1ccc(C(=O)CCC(C)OC)c(C)c1OC. The maximum atomic E-state index is 12.2. The van der Waals surface area contributed by atoms with Crippen LogP contribution < -0.4 is 9.47 Å². The summed E-state index contributed by atoms with van der Waals surface area (Å²) in [6.45, 7) is 3.82. The average Bonchev–Trinajstić information content (AvgIpc) is 2.43. The van der Waals surface area contributed by atoms with Gasteiger partial charge >= 0.3 is 0 Å². The van der Waals surface area contributed by atoms with E-state index in [4.69, 9.17) is 14.2 Å². The summed E-state index contributed by atoms with van der Waals surface area (Å²) in [7, 11) is 4.81. The smallest absolute Gasteiger partial charge is 0.164 e. The highest BCUT2D eigenvalue weighted by molar-refractivity contribution is 5.98. The zero-order valence-electron chi connectivity index (χ0n) is 12.3. The van der Waals surface area contributed by atoms with Crippen molar-refractivity contribution in [1.82, 2.24) is 0 Å². The molecule has 0 spiro atoms. The van der Waals surface area contributed by atoms with Crippen LogP contribution in [0, 0.1) is 6.92 Å². The highest BCUT2D eigenvalue weighted by Crippen LogP contribution is 2.33. The summed E-state index contributed by atoms with van der Waals surface area (Å²) in [4.78, 5) is 12.2. The predicted molar refractivity (Wildman–Crippen MR) is 74.3 cm³/mol. The van der Waals surface area contributed by atoms with Crippen molar-refractivity contribution >= 4 is 5.78 Å². The predicted octanol–water partition coefficient (Wildman–Crippen LogP) is 3.01. The molecule has 0 amide bonds. The second kappa shape index (κ2) is 7.14. The Morgan fingerprint density at radius 1 is 1.21 bits per heavy atom. The van der Waals surface area contributed by atoms with E-state index < -0.39 is 0 Å². The Hall–Kier alpha value is -1.55. The topological polar surface area (TPSA) is 44.8 Å². The Labute approximate surface area is 114 Å². The van der Waals surface area contributed by atoms with Gasteiger partial charge in [-0.05, 0) is 32.4 Å². The lowest BCUT2D eigenvalue weighted by atomic mass is 9.99. The fraction of sp³-hybridized carbons (Fsp3) is 0.533. The fourth-order valence-electron chi connectivity index (χ4n) is 1.97. The molecular formula is C15H22O4. The first-order chi connectivity index (χ1) is 9.04. The number of carbonyl (C=O) groups is 1. The summed E-state index contributed by atoms with van der Waals surface area (Å²) < 4.78 is 15.7. The molecule has 0 aromatic heterocycles. The molecule has 1 aromatic carbocycles. The normalized spacial score (nSPS) is 12.1. The molecule has 1 rings (SSSR count). The highest BCUT2D eigenvalue weighted by Gasteiger charge is 2.16. The summed E-state index contributed by atoms with van der Waals surface area (Å²) in [6.07, 6.45) is 1.26. The van der Waals surface area contributed by atoms with Gasteiger partial charge in [0.25, 0.3) is 0 Å². The molecule has 19 heavy (non-hydrogen) atoms. The molecule has 4 nitrogen and oxygen atoms in total. The molecule has 0 aliphatic heterocycles. The lowest BCUT2D eigenvalue weighted by molar-refractivity contribution is 0.0877. The second-order valence-electron chi connectivity index (χ2n) is 4.48. The van der Waals surface area contributed by atoms with Crippen LogP contribution in [0.5, 0.6) is 11.5 Å². The zero-order chi connectivity index (χ0) is 14.4. The first kappa shape index (κ1) is 15.5. The molecule has 106 valence electrons. The summed E-state index contributed by atoms with van der Waals surface area (Å²) >= 11 is 0. The Kier molecular flexibility index (Phi) is 5.83. The third-order valence-corrected chi connectivity index (χ3v) is 3.27. The fourth-order valence-corrected chi connectivity index (χ4v) is 1.97. The summed E-state index contributed by atoms with van der Waals surface area (Å²) in [5.74, 6) is 1.36. The second-order valence-corrected chi connectivity index (χ2v) is 4.48. The lowest BCUT2D eigenvalue weighted by Gasteiger charge is -2.14. The van der Waals surface area contributed by atoms with Crippen molar-refractivity contribution < 1.29 is 19.0 Å². The Morgan fingerprint density at radius 3 is 2.42 bits per heavy atom. The quantitative estimate of drug-likeness (QED) is 0.712. The maximum absolute atomic E-state index is 12.2.